The van der Waals surface area contributed by atoms with Crippen molar-refractivity contribution in [2.45, 2.75) is 19.4 Å². The van der Waals surface area contributed by atoms with Gasteiger partial charge in [-0.25, -0.2) is 4.39 Å². The highest BCUT2D eigenvalue weighted by Gasteiger charge is 2.28. The summed E-state index contributed by atoms with van der Waals surface area (Å²) in [5.74, 6) is -1.03. The van der Waals surface area contributed by atoms with Gasteiger partial charge in [0.05, 0.1) is 18.2 Å². The number of hydrogen-bond donors (Lipinski definition) is 1. The van der Waals surface area contributed by atoms with Crippen LogP contribution in [-0.4, -0.2) is 16.7 Å². The lowest BCUT2D eigenvalue weighted by atomic mass is 9.93. The Morgan fingerprint density at radius 2 is 2.00 bits per heavy atom. The lowest BCUT2D eigenvalue weighted by Gasteiger charge is -2.32. The second-order valence-corrected chi connectivity index (χ2v) is 6.68. The minimum Gasteiger partial charge on any atom is -0.324 e. The smallest absolute Gasteiger partial charge is 0.226 e. The number of rotatable bonds is 3. The molecule has 0 aromatic heterocycles. The number of nitrogens with zero attached hydrogens (tertiary/aromatic N) is 1. The lowest BCUT2D eigenvalue weighted by molar-refractivity contribution is -0.129. The third kappa shape index (κ3) is 3.79. The Morgan fingerprint density at radius 3 is 2.72 bits per heavy atom. The van der Waals surface area contributed by atoms with Crippen LogP contribution in [0.1, 0.15) is 30.5 Å². The van der Waals surface area contributed by atoms with Crippen molar-refractivity contribution >= 4 is 39.5 Å². The largest absolute Gasteiger partial charge is 0.324 e. The van der Waals surface area contributed by atoms with Crippen LogP contribution in [-0.2, 0) is 9.59 Å². The number of nitrogens with one attached hydrogen (secondary N) is 1. The quantitative estimate of drug-likeness (QED) is 0.821. The van der Waals surface area contributed by atoms with E-state index in [1.807, 2.05) is 30.3 Å². The van der Waals surface area contributed by atoms with Gasteiger partial charge < -0.3 is 10.2 Å². The highest BCUT2D eigenvalue weighted by atomic mass is 79.9. The standard InChI is InChI=1S/C19H16BrFN2O2/c1-12(24)23-9-8-13-4-2-3-5-15(13)18(23)11-19(25)22-17-7-6-14(20)10-16(17)21/h2-10,18H,11H2,1H3,(H,22,25). The van der Waals surface area contributed by atoms with E-state index in [9.17, 15) is 14.0 Å². The van der Waals surface area contributed by atoms with Gasteiger partial charge in [0.2, 0.25) is 11.8 Å². The zero-order valence-corrected chi connectivity index (χ0v) is 15.1. The molecule has 128 valence electrons. The Labute approximate surface area is 153 Å². The molecule has 2 amide bonds. The fourth-order valence-electron chi connectivity index (χ4n) is 2.88. The molecule has 4 nitrogen and oxygen atoms in total. The average molecular weight is 403 g/mol. The fourth-order valence-corrected chi connectivity index (χ4v) is 3.21. The number of hydrogen-bond acceptors (Lipinski definition) is 2. The zero-order valence-electron chi connectivity index (χ0n) is 13.5. The van der Waals surface area contributed by atoms with Crippen LogP contribution >= 0.6 is 15.9 Å². The van der Waals surface area contributed by atoms with Crippen LogP contribution < -0.4 is 5.32 Å². The summed E-state index contributed by atoms with van der Waals surface area (Å²) >= 11 is 3.18. The van der Waals surface area contributed by atoms with Gasteiger partial charge in [-0.3, -0.25) is 9.59 Å². The number of fused-ring (bicyclic) bond motifs is 1. The van der Waals surface area contributed by atoms with Crippen LogP contribution in [0.4, 0.5) is 10.1 Å². The molecule has 2 aromatic carbocycles. The predicted molar refractivity (Wildman–Crippen MR) is 98.1 cm³/mol. The molecule has 25 heavy (non-hydrogen) atoms. The molecule has 0 saturated carbocycles. The monoisotopic (exact) mass is 402 g/mol. The van der Waals surface area contributed by atoms with Gasteiger partial charge in [0.1, 0.15) is 5.82 Å². The van der Waals surface area contributed by atoms with Gasteiger partial charge in [0.15, 0.2) is 0 Å². The predicted octanol–water partition coefficient (Wildman–Crippen LogP) is 4.49. The van der Waals surface area contributed by atoms with Crippen molar-refractivity contribution in [2.24, 2.45) is 0 Å². The Morgan fingerprint density at radius 1 is 1.24 bits per heavy atom. The second kappa shape index (κ2) is 7.19. The van der Waals surface area contributed by atoms with E-state index in [1.54, 1.807) is 12.3 Å². The van der Waals surface area contributed by atoms with Crippen LogP contribution in [0.5, 0.6) is 0 Å². The Kier molecular flexibility index (Phi) is 4.99. The highest BCUT2D eigenvalue weighted by molar-refractivity contribution is 9.10. The van der Waals surface area contributed by atoms with Crippen LogP contribution in [0.25, 0.3) is 6.08 Å². The van der Waals surface area contributed by atoms with Gasteiger partial charge in [-0.2, -0.15) is 0 Å². The molecule has 0 spiro atoms. The summed E-state index contributed by atoms with van der Waals surface area (Å²) in [4.78, 5) is 25.9. The zero-order chi connectivity index (χ0) is 18.0. The summed E-state index contributed by atoms with van der Waals surface area (Å²) in [6.07, 6.45) is 3.57. The summed E-state index contributed by atoms with van der Waals surface area (Å²) in [7, 11) is 0. The van der Waals surface area contributed by atoms with Gasteiger partial charge in [-0.15, -0.1) is 0 Å². The molecule has 0 bridgehead atoms. The summed E-state index contributed by atoms with van der Waals surface area (Å²) in [6, 6.07) is 11.6. The molecule has 3 rings (SSSR count). The van der Waals surface area contributed by atoms with Crippen LogP contribution in [0, 0.1) is 5.82 Å². The van der Waals surface area contributed by atoms with E-state index in [1.165, 1.54) is 24.0 Å². The molecule has 0 fully saturated rings. The molecule has 1 heterocycles. The van der Waals surface area contributed by atoms with Crippen LogP contribution in [0.15, 0.2) is 53.1 Å². The molecule has 1 N–H and O–H groups in total. The number of anilines is 1. The Bertz CT molecular complexity index is 866. The lowest BCUT2D eigenvalue weighted by Crippen LogP contribution is -2.33. The van der Waals surface area contributed by atoms with Gasteiger partial charge in [0.25, 0.3) is 0 Å². The summed E-state index contributed by atoms with van der Waals surface area (Å²) < 4.78 is 14.5. The summed E-state index contributed by atoms with van der Waals surface area (Å²) in [6.45, 7) is 1.46. The van der Waals surface area contributed by atoms with Crippen LogP contribution in [0.2, 0.25) is 0 Å². The number of halogens is 2. The van der Waals surface area contributed by atoms with E-state index in [2.05, 4.69) is 21.2 Å². The third-order valence-corrected chi connectivity index (χ3v) is 4.55. The summed E-state index contributed by atoms with van der Waals surface area (Å²) in [5, 5.41) is 2.58. The van der Waals surface area contributed by atoms with E-state index in [4.69, 9.17) is 0 Å². The molecule has 1 atom stereocenters. The Hall–Kier alpha value is -2.47. The maximum atomic E-state index is 13.9. The van der Waals surface area contributed by atoms with Gasteiger partial charge in [0, 0.05) is 17.6 Å². The minimum absolute atomic E-state index is 0.0381. The first kappa shape index (κ1) is 17.4. The number of amides is 2. The van der Waals surface area contributed by atoms with Crippen molar-refractivity contribution < 1.29 is 14.0 Å². The minimum atomic E-state index is -0.518. The molecule has 1 aliphatic rings. The van der Waals surface area contributed by atoms with Crippen molar-refractivity contribution in [3.8, 4) is 0 Å². The molecule has 6 heteroatoms. The molecule has 1 unspecified atom stereocenters. The maximum absolute atomic E-state index is 13.9. The first-order valence-corrected chi connectivity index (χ1v) is 8.56. The first-order chi connectivity index (χ1) is 12.0. The first-order valence-electron chi connectivity index (χ1n) is 7.76. The third-order valence-electron chi connectivity index (χ3n) is 4.05. The van der Waals surface area contributed by atoms with E-state index in [-0.39, 0.29) is 23.9 Å². The molecular formula is C19H16BrFN2O2. The fraction of sp³-hybridized carbons (Fsp3) is 0.158. The van der Waals surface area contributed by atoms with Gasteiger partial charge >= 0.3 is 0 Å². The molecule has 0 radical (unpaired) electrons. The van der Waals surface area contributed by atoms with Crippen molar-refractivity contribution in [3.05, 3.63) is 70.1 Å². The SMILES string of the molecule is CC(=O)N1C=Cc2ccccc2C1CC(=O)Nc1ccc(Br)cc1F. The molecule has 0 aliphatic carbocycles. The number of carbonyl (C=O) groups is 2. The van der Waals surface area contributed by atoms with Gasteiger partial charge in [-0.05, 0) is 35.4 Å². The number of benzene rings is 2. The molecular weight excluding hydrogens is 387 g/mol. The van der Waals surface area contributed by atoms with Crippen LogP contribution in [0.3, 0.4) is 0 Å². The molecule has 0 saturated heterocycles. The van der Waals surface area contributed by atoms with Crippen molar-refractivity contribution in [3.63, 3.8) is 0 Å². The van der Waals surface area contributed by atoms with Gasteiger partial charge in [-0.1, -0.05) is 40.2 Å². The molecule has 2 aromatic rings. The van der Waals surface area contributed by atoms with E-state index >= 15 is 0 Å². The van der Waals surface area contributed by atoms with Crippen molar-refractivity contribution in [1.29, 1.82) is 0 Å². The van der Waals surface area contributed by atoms with Crippen molar-refractivity contribution in [1.82, 2.24) is 4.90 Å². The summed E-state index contributed by atoms with van der Waals surface area (Å²) in [5.41, 5.74) is 1.97. The Balaban J connectivity index is 1.82. The maximum Gasteiger partial charge on any atom is 0.226 e. The van der Waals surface area contributed by atoms with E-state index in [0.717, 1.165) is 11.1 Å². The second-order valence-electron chi connectivity index (χ2n) is 5.76. The van der Waals surface area contributed by atoms with Crippen molar-refractivity contribution in [2.75, 3.05) is 5.32 Å². The normalized spacial score (nSPS) is 15.6. The highest BCUT2D eigenvalue weighted by Crippen LogP contribution is 2.33. The topological polar surface area (TPSA) is 49.4 Å². The average Bonchev–Trinajstić information content (AvgIpc) is 2.57. The van der Waals surface area contributed by atoms with E-state index in [0.29, 0.717) is 4.47 Å². The number of carbonyl (C=O) groups excluding carboxylic acids is 2. The van der Waals surface area contributed by atoms with E-state index < -0.39 is 11.9 Å². The molecule has 1 aliphatic heterocycles.